The number of likely N-dealkylation sites (N-methyl/N-ethyl adjacent to an activating group) is 1. The summed E-state index contributed by atoms with van der Waals surface area (Å²) in [6.45, 7) is 6.12. The lowest BCUT2D eigenvalue weighted by molar-refractivity contribution is -0.139. The molecule has 0 aliphatic heterocycles. The Hall–Kier alpha value is -3.21. The monoisotopic (exact) mass is 898 g/mol. The summed E-state index contributed by atoms with van der Waals surface area (Å²) in [7, 11) is 10.3. The minimum absolute atomic E-state index is 0. The summed E-state index contributed by atoms with van der Waals surface area (Å²) >= 11 is 0. The highest BCUT2D eigenvalue weighted by Gasteiger charge is 2.14. The molecule has 0 aliphatic rings. The standard InChI is InChI=1S/C30H55N3O5.C13H26BN3O3.C2H6.CH5N.CH4/c1-31-27(25-35)19-16-17-23-32-29(37)22-21-28(26-36)33-30(38)20-15-13-11-9-7-5-3-2-4-6-8-10-12-14-18-24-34;1-15-9-5-2-3-8-12(18)16-10-6-4-7-11(17-14)13(19)20;2*1-2;/h24-28,31H,2-23H2,1H3,(H,32,37)(H,33,38);11,15,17H,2-10H2,1H3,(H,16,18)(H,19,20);1-2H3;2H2,1H3;1H4/t27?,28-;;;;/m0..../s1. The van der Waals surface area contributed by atoms with E-state index in [1.54, 1.807) is 7.05 Å². The highest BCUT2D eigenvalue weighted by atomic mass is 16.4. The molecule has 0 rings (SSSR count). The lowest BCUT2D eigenvalue weighted by Crippen LogP contribution is -2.37. The number of amides is 3. The van der Waals surface area contributed by atoms with Crippen LogP contribution < -0.4 is 37.5 Å². The second kappa shape index (κ2) is 58.8. The van der Waals surface area contributed by atoms with Crippen molar-refractivity contribution in [3.63, 3.8) is 0 Å². The molecule has 0 spiro atoms. The molecule has 3 amide bonds. The van der Waals surface area contributed by atoms with Gasteiger partial charge in [0.05, 0.1) is 18.1 Å². The van der Waals surface area contributed by atoms with Crippen molar-refractivity contribution in [3.05, 3.63) is 0 Å². The van der Waals surface area contributed by atoms with Gasteiger partial charge in [-0.15, -0.1) is 0 Å². The first-order valence-electron chi connectivity index (χ1n) is 23.9. The zero-order valence-corrected chi connectivity index (χ0v) is 39.8. The van der Waals surface area contributed by atoms with Gasteiger partial charge in [-0.3, -0.25) is 19.2 Å². The van der Waals surface area contributed by atoms with Crippen molar-refractivity contribution in [1.29, 1.82) is 0 Å². The SMILES string of the molecule is C.CC.CN.CNC(C=O)CCCCNC(=O)CC[C@@H](C=O)NC(=O)CCCCCCCCCCCCCCCCC=O.[B]NC(CCCCNC(=O)CCCCCNC)C(=O)O. The zero-order chi connectivity index (χ0) is 47.3. The third-order valence-corrected chi connectivity index (χ3v) is 10.0. The molecule has 15 nitrogen and oxygen atoms in total. The van der Waals surface area contributed by atoms with E-state index in [-0.39, 0.29) is 37.6 Å². The molecule has 0 fully saturated rings. The molecular formula is C47H96BN7O8. The van der Waals surface area contributed by atoms with Crippen LogP contribution in [-0.2, 0) is 33.6 Å². The van der Waals surface area contributed by atoms with E-state index in [2.05, 4.69) is 37.5 Å². The predicted molar refractivity (Wildman–Crippen MR) is 261 cm³/mol. The van der Waals surface area contributed by atoms with Crippen LogP contribution in [0.4, 0.5) is 0 Å². The molecule has 370 valence electrons. The van der Waals surface area contributed by atoms with Crippen molar-refractivity contribution in [2.24, 2.45) is 5.73 Å². The van der Waals surface area contributed by atoms with Crippen LogP contribution in [0, 0.1) is 0 Å². The smallest absolute Gasteiger partial charge is 0.319 e. The molecule has 16 heteroatoms. The molecule has 0 saturated carbocycles. The van der Waals surface area contributed by atoms with Gasteiger partial charge in [-0.25, -0.2) is 0 Å². The summed E-state index contributed by atoms with van der Waals surface area (Å²) < 4.78 is 0. The van der Waals surface area contributed by atoms with Crippen LogP contribution in [0.2, 0.25) is 0 Å². The third kappa shape index (κ3) is 54.9. The van der Waals surface area contributed by atoms with E-state index in [1.807, 2.05) is 20.9 Å². The molecule has 63 heavy (non-hydrogen) atoms. The molecule has 0 aromatic rings. The zero-order valence-electron chi connectivity index (χ0n) is 39.8. The molecule has 0 saturated heterocycles. The summed E-state index contributed by atoms with van der Waals surface area (Å²) in [4.78, 5) is 78.6. The molecule has 2 unspecified atom stereocenters. The van der Waals surface area contributed by atoms with Gasteiger partial charge in [0.25, 0.3) is 0 Å². The first kappa shape index (κ1) is 68.8. The first-order chi connectivity index (χ1) is 30.2. The maximum absolute atomic E-state index is 12.1. The fourth-order valence-corrected chi connectivity index (χ4v) is 6.29. The van der Waals surface area contributed by atoms with E-state index in [4.69, 9.17) is 13.1 Å². The Kier molecular flexibility index (Phi) is 64.2. The average Bonchev–Trinajstić information content (AvgIpc) is 3.28. The normalized spacial score (nSPS) is 11.5. The third-order valence-electron chi connectivity index (χ3n) is 10.0. The number of carboxylic acids is 1. The first-order valence-corrected chi connectivity index (χ1v) is 23.9. The molecule has 0 aromatic carbocycles. The highest BCUT2D eigenvalue weighted by Crippen LogP contribution is 2.14. The van der Waals surface area contributed by atoms with Crippen LogP contribution in [0.3, 0.4) is 0 Å². The van der Waals surface area contributed by atoms with Crippen molar-refractivity contribution in [1.82, 2.24) is 31.8 Å². The van der Waals surface area contributed by atoms with Gasteiger partial charge in [-0.1, -0.05) is 105 Å². The number of carbonyl (C=O) groups excluding carboxylic acids is 6. The molecular weight excluding hydrogens is 801 g/mol. The predicted octanol–water partition coefficient (Wildman–Crippen LogP) is 6.38. The number of nitrogens with one attached hydrogen (secondary N) is 6. The molecule has 2 radical (unpaired) electrons. The van der Waals surface area contributed by atoms with Gasteiger partial charge in [0, 0.05) is 38.8 Å². The number of hydrogen-bond donors (Lipinski definition) is 8. The molecule has 3 atom stereocenters. The average molecular weight is 898 g/mol. The number of carbonyl (C=O) groups is 7. The van der Waals surface area contributed by atoms with Gasteiger partial charge in [0.15, 0.2) is 7.98 Å². The number of unbranched alkanes of at least 4 members (excludes halogenated alkanes) is 18. The maximum atomic E-state index is 12.1. The number of carboxylic acid groups (broad SMARTS) is 1. The van der Waals surface area contributed by atoms with Crippen molar-refractivity contribution < 1.29 is 38.7 Å². The molecule has 0 heterocycles. The minimum atomic E-state index is -0.946. The van der Waals surface area contributed by atoms with Gasteiger partial charge < -0.3 is 57.0 Å². The van der Waals surface area contributed by atoms with E-state index in [9.17, 15) is 33.6 Å². The minimum Gasteiger partial charge on any atom is -0.480 e. The van der Waals surface area contributed by atoms with Gasteiger partial charge in [-0.05, 0) is 98.3 Å². The van der Waals surface area contributed by atoms with Crippen LogP contribution in [0.15, 0.2) is 0 Å². The van der Waals surface area contributed by atoms with Crippen LogP contribution in [0.25, 0.3) is 0 Å². The number of rotatable bonds is 42. The number of aliphatic carboxylic acids is 1. The Bertz CT molecular complexity index is 1050. The van der Waals surface area contributed by atoms with Gasteiger partial charge in [-0.2, -0.15) is 0 Å². The fourth-order valence-electron chi connectivity index (χ4n) is 6.29. The number of hydrogen-bond acceptors (Lipinski definition) is 11. The van der Waals surface area contributed by atoms with E-state index < -0.39 is 18.1 Å². The van der Waals surface area contributed by atoms with Crippen molar-refractivity contribution in [2.75, 3.05) is 40.8 Å². The van der Waals surface area contributed by atoms with Gasteiger partial charge >= 0.3 is 5.97 Å². The van der Waals surface area contributed by atoms with Gasteiger partial charge in [0.2, 0.25) is 17.7 Å². The van der Waals surface area contributed by atoms with Crippen LogP contribution in [0.5, 0.6) is 0 Å². The van der Waals surface area contributed by atoms with Gasteiger partial charge in [0.1, 0.15) is 18.9 Å². The summed E-state index contributed by atoms with van der Waals surface area (Å²) in [6.07, 6.45) is 28.9. The van der Waals surface area contributed by atoms with Crippen LogP contribution in [-0.4, -0.2) is 115 Å². The van der Waals surface area contributed by atoms with Crippen molar-refractivity contribution >= 4 is 50.5 Å². The van der Waals surface area contributed by atoms with Crippen LogP contribution >= 0.6 is 0 Å². The summed E-state index contributed by atoms with van der Waals surface area (Å²) in [5.74, 6) is -1.13. The largest absolute Gasteiger partial charge is 0.480 e. The molecule has 9 N–H and O–H groups in total. The van der Waals surface area contributed by atoms with E-state index in [0.29, 0.717) is 57.9 Å². The second-order valence-electron chi connectivity index (χ2n) is 15.2. The van der Waals surface area contributed by atoms with E-state index in [0.717, 1.165) is 89.7 Å². The topological polar surface area (TPSA) is 238 Å². The summed E-state index contributed by atoms with van der Waals surface area (Å²) in [5.41, 5.74) is 4.50. The maximum Gasteiger partial charge on any atom is 0.319 e. The van der Waals surface area contributed by atoms with E-state index in [1.165, 1.54) is 71.3 Å². The number of aldehydes is 3. The quantitative estimate of drug-likeness (QED) is 0.0189. The molecule has 0 aliphatic carbocycles. The summed E-state index contributed by atoms with van der Waals surface area (Å²) in [5, 5.41) is 25.4. The molecule has 0 aromatic heterocycles. The lowest BCUT2D eigenvalue weighted by atomic mass is 10.0. The highest BCUT2D eigenvalue weighted by molar-refractivity contribution is 6.06. The Morgan fingerprint density at radius 1 is 0.540 bits per heavy atom. The van der Waals surface area contributed by atoms with Crippen LogP contribution in [0.1, 0.15) is 201 Å². The van der Waals surface area contributed by atoms with Crippen molar-refractivity contribution in [2.45, 2.75) is 219 Å². The van der Waals surface area contributed by atoms with E-state index >= 15 is 0 Å². The number of nitrogens with two attached hydrogens (primary N) is 1. The lowest BCUT2D eigenvalue weighted by Gasteiger charge is -2.13. The summed E-state index contributed by atoms with van der Waals surface area (Å²) in [6, 6.07) is -1.48. The Labute approximate surface area is 385 Å². The second-order valence-corrected chi connectivity index (χ2v) is 15.2. The Morgan fingerprint density at radius 3 is 1.38 bits per heavy atom. The fraction of sp³-hybridized carbons (Fsp3) is 0.851. The Morgan fingerprint density at radius 2 is 0.952 bits per heavy atom. The van der Waals surface area contributed by atoms with Crippen molar-refractivity contribution in [3.8, 4) is 0 Å². The Balaban J connectivity index is -0.000000378. The molecule has 0 bridgehead atoms.